The summed E-state index contributed by atoms with van der Waals surface area (Å²) in [6, 6.07) is 17.0. The van der Waals surface area contributed by atoms with Crippen LogP contribution in [0.2, 0.25) is 0 Å². The molecule has 0 fully saturated rings. The molecule has 1 N–H and O–H groups in total. The highest BCUT2D eigenvalue weighted by Gasteiger charge is 2.27. The van der Waals surface area contributed by atoms with Crippen molar-refractivity contribution < 1.29 is 4.84 Å². The maximum atomic E-state index is 5.09. The Labute approximate surface area is 94.8 Å². The Kier molecular flexibility index (Phi) is 2.24. The third-order valence-corrected chi connectivity index (χ3v) is 3.07. The summed E-state index contributed by atoms with van der Waals surface area (Å²) in [5.41, 5.74) is 8.22. The second-order valence-electron chi connectivity index (χ2n) is 3.93. The zero-order valence-corrected chi connectivity index (χ0v) is 9.10. The Balaban J connectivity index is 2.21. The number of hydrogen-bond acceptors (Lipinski definition) is 2. The lowest BCUT2D eigenvalue weighted by molar-refractivity contribution is 0.0727. The maximum absolute atomic E-state index is 5.09. The van der Waals surface area contributed by atoms with E-state index in [9.17, 15) is 0 Å². The lowest BCUT2D eigenvalue weighted by atomic mass is 10.1. The van der Waals surface area contributed by atoms with E-state index in [0.29, 0.717) is 0 Å². The van der Waals surface area contributed by atoms with Crippen LogP contribution >= 0.6 is 0 Å². The van der Waals surface area contributed by atoms with Crippen LogP contribution in [0.1, 0.15) is 17.2 Å². The topological polar surface area (TPSA) is 21.3 Å². The molecule has 3 rings (SSSR count). The minimum absolute atomic E-state index is 0.150. The SMILES string of the molecule is CONC1c2ccccc2-c2ccccc21. The zero-order valence-electron chi connectivity index (χ0n) is 9.10. The molecule has 0 unspecified atom stereocenters. The monoisotopic (exact) mass is 211 g/mol. The van der Waals surface area contributed by atoms with Crippen LogP contribution in [-0.2, 0) is 4.84 Å². The van der Waals surface area contributed by atoms with Crippen molar-refractivity contribution >= 4 is 0 Å². The first kappa shape index (κ1) is 9.58. The lowest BCUT2D eigenvalue weighted by Gasteiger charge is -2.13. The van der Waals surface area contributed by atoms with Crippen molar-refractivity contribution in [1.29, 1.82) is 0 Å². The summed E-state index contributed by atoms with van der Waals surface area (Å²) in [7, 11) is 1.66. The Bertz CT molecular complexity index is 476. The zero-order chi connectivity index (χ0) is 11.0. The Morgan fingerprint density at radius 1 is 0.875 bits per heavy atom. The number of fused-ring (bicyclic) bond motifs is 3. The second-order valence-corrected chi connectivity index (χ2v) is 3.93. The van der Waals surface area contributed by atoms with Gasteiger partial charge in [0.2, 0.25) is 0 Å². The molecule has 0 spiro atoms. The van der Waals surface area contributed by atoms with Gasteiger partial charge in [0.05, 0.1) is 13.2 Å². The van der Waals surface area contributed by atoms with Gasteiger partial charge >= 0.3 is 0 Å². The number of rotatable bonds is 2. The fourth-order valence-electron chi connectivity index (χ4n) is 2.40. The van der Waals surface area contributed by atoms with Crippen molar-refractivity contribution in [3.05, 3.63) is 59.7 Å². The molecule has 2 aromatic rings. The van der Waals surface area contributed by atoms with Gasteiger partial charge in [-0.15, -0.1) is 0 Å². The van der Waals surface area contributed by atoms with Crippen molar-refractivity contribution in [2.75, 3.05) is 7.11 Å². The van der Waals surface area contributed by atoms with E-state index < -0.39 is 0 Å². The molecule has 16 heavy (non-hydrogen) atoms. The van der Waals surface area contributed by atoms with E-state index in [1.807, 2.05) is 0 Å². The summed E-state index contributed by atoms with van der Waals surface area (Å²) in [6.45, 7) is 0. The summed E-state index contributed by atoms with van der Waals surface area (Å²) in [5.74, 6) is 0. The summed E-state index contributed by atoms with van der Waals surface area (Å²) >= 11 is 0. The average Bonchev–Trinajstić information content (AvgIpc) is 2.66. The minimum Gasteiger partial charge on any atom is -0.304 e. The number of hydroxylamine groups is 1. The van der Waals surface area contributed by atoms with Gasteiger partial charge in [0.15, 0.2) is 0 Å². The Hall–Kier alpha value is -1.64. The number of nitrogens with one attached hydrogen (secondary N) is 1. The molecule has 1 aliphatic rings. The van der Waals surface area contributed by atoms with Gasteiger partial charge in [-0.25, -0.2) is 0 Å². The first-order chi connectivity index (χ1) is 7.92. The summed E-state index contributed by atoms with van der Waals surface area (Å²) in [4.78, 5) is 5.09. The Morgan fingerprint density at radius 3 is 1.88 bits per heavy atom. The molecule has 0 atom stereocenters. The van der Waals surface area contributed by atoms with Crippen molar-refractivity contribution in [3.63, 3.8) is 0 Å². The van der Waals surface area contributed by atoms with E-state index in [1.54, 1.807) is 7.11 Å². The second kappa shape index (κ2) is 3.74. The van der Waals surface area contributed by atoms with Crippen LogP contribution in [0.5, 0.6) is 0 Å². The molecule has 0 saturated carbocycles. The molecular formula is C14H13NO. The molecule has 1 aliphatic carbocycles. The van der Waals surface area contributed by atoms with Gasteiger partial charge in [-0.05, 0) is 22.3 Å². The predicted octanol–water partition coefficient (Wildman–Crippen LogP) is 2.91. The third kappa shape index (κ3) is 1.28. The average molecular weight is 211 g/mol. The van der Waals surface area contributed by atoms with Gasteiger partial charge in [-0.3, -0.25) is 0 Å². The van der Waals surface area contributed by atoms with Crippen LogP contribution in [-0.4, -0.2) is 7.11 Å². The van der Waals surface area contributed by atoms with Crippen molar-refractivity contribution in [3.8, 4) is 11.1 Å². The summed E-state index contributed by atoms with van der Waals surface area (Å²) in [5, 5.41) is 0. The van der Waals surface area contributed by atoms with Gasteiger partial charge in [0.25, 0.3) is 0 Å². The summed E-state index contributed by atoms with van der Waals surface area (Å²) in [6.07, 6.45) is 0. The van der Waals surface area contributed by atoms with Crippen molar-refractivity contribution in [2.24, 2.45) is 0 Å². The Morgan fingerprint density at radius 2 is 1.38 bits per heavy atom. The molecule has 0 saturated heterocycles. The minimum atomic E-state index is 0.150. The van der Waals surface area contributed by atoms with Gasteiger partial charge < -0.3 is 4.84 Å². The largest absolute Gasteiger partial charge is 0.304 e. The van der Waals surface area contributed by atoms with Gasteiger partial charge in [-0.2, -0.15) is 5.48 Å². The maximum Gasteiger partial charge on any atom is 0.0833 e. The van der Waals surface area contributed by atoms with Crippen LogP contribution in [0.4, 0.5) is 0 Å². The number of benzene rings is 2. The molecule has 2 nitrogen and oxygen atoms in total. The van der Waals surface area contributed by atoms with Crippen molar-refractivity contribution in [1.82, 2.24) is 5.48 Å². The van der Waals surface area contributed by atoms with E-state index in [2.05, 4.69) is 54.0 Å². The smallest absolute Gasteiger partial charge is 0.0833 e. The first-order valence-corrected chi connectivity index (χ1v) is 5.38. The highest BCUT2D eigenvalue weighted by molar-refractivity contribution is 5.78. The fraction of sp³-hybridized carbons (Fsp3) is 0.143. The van der Waals surface area contributed by atoms with Crippen LogP contribution < -0.4 is 5.48 Å². The van der Waals surface area contributed by atoms with Crippen LogP contribution in [0.25, 0.3) is 11.1 Å². The van der Waals surface area contributed by atoms with E-state index in [1.165, 1.54) is 22.3 Å². The molecule has 0 amide bonds. The molecular weight excluding hydrogens is 198 g/mol. The van der Waals surface area contributed by atoms with Crippen molar-refractivity contribution in [2.45, 2.75) is 6.04 Å². The van der Waals surface area contributed by atoms with Crippen LogP contribution in [0, 0.1) is 0 Å². The molecule has 80 valence electrons. The first-order valence-electron chi connectivity index (χ1n) is 5.38. The highest BCUT2D eigenvalue weighted by Crippen LogP contribution is 2.42. The fourth-order valence-corrected chi connectivity index (χ4v) is 2.40. The molecule has 0 heterocycles. The molecule has 0 aliphatic heterocycles. The van der Waals surface area contributed by atoms with Crippen LogP contribution in [0.15, 0.2) is 48.5 Å². The van der Waals surface area contributed by atoms with Gasteiger partial charge in [-0.1, -0.05) is 48.5 Å². The highest BCUT2D eigenvalue weighted by atomic mass is 16.6. The van der Waals surface area contributed by atoms with E-state index in [-0.39, 0.29) is 6.04 Å². The molecule has 0 aromatic heterocycles. The normalized spacial score (nSPS) is 13.6. The summed E-state index contributed by atoms with van der Waals surface area (Å²) < 4.78 is 0. The predicted molar refractivity (Wildman–Crippen MR) is 63.9 cm³/mol. The van der Waals surface area contributed by atoms with Crippen LogP contribution in [0.3, 0.4) is 0 Å². The lowest BCUT2D eigenvalue weighted by Crippen LogP contribution is -2.18. The number of hydrogen-bond donors (Lipinski definition) is 1. The molecule has 0 radical (unpaired) electrons. The van der Waals surface area contributed by atoms with E-state index >= 15 is 0 Å². The molecule has 2 heteroatoms. The third-order valence-electron chi connectivity index (χ3n) is 3.07. The van der Waals surface area contributed by atoms with Gasteiger partial charge in [0, 0.05) is 0 Å². The van der Waals surface area contributed by atoms with E-state index in [0.717, 1.165) is 0 Å². The molecule has 2 aromatic carbocycles. The quantitative estimate of drug-likeness (QED) is 0.771. The van der Waals surface area contributed by atoms with E-state index in [4.69, 9.17) is 4.84 Å². The van der Waals surface area contributed by atoms with Gasteiger partial charge in [0.1, 0.15) is 0 Å². The molecule has 0 bridgehead atoms. The standard InChI is InChI=1S/C14H13NO/c1-16-15-14-12-8-4-2-6-10(12)11-7-3-5-9-13(11)14/h2-9,14-15H,1H3.